The number of allylic oxidation sites excluding steroid dienone is 5. The van der Waals surface area contributed by atoms with Crippen LogP contribution in [0.1, 0.15) is 65.2 Å². The maximum Gasteiger partial charge on any atom is 0.303 e. The number of hydrogen-bond acceptors (Lipinski definition) is 4. The number of carboxylic acid groups (broad SMARTS) is 1. The predicted molar refractivity (Wildman–Crippen MR) is 104 cm³/mol. The molecule has 0 aromatic heterocycles. The minimum absolute atomic E-state index is 0.0293. The molecular weight excluding hydrogens is 342 g/mol. The van der Waals surface area contributed by atoms with Gasteiger partial charge < -0.3 is 14.9 Å². The summed E-state index contributed by atoms with van der Waals surface area (Å²) in [5.74, 6) is 0.0510. The molecule has 5 nitrogen and oxygen atoms in total. The van der Waals surface area contributed by atoms with Crippen LogP contribution in [0.2, 0.25) is 0 Å². The third-order valence-corrected chi connectivity index (χ3v) is 5.53. The van der Waals surface area contributed by atoms with Crippen LogP contribution in [0.25, 0.3) is 0 Å². The maximum atomic E-state index is 10.7. The summed E-state index contributed by atoms with van der Waals surface area (Å²) in [7, 11) is 0. The number of rotatable bonds is 9. The van der Waals surface area contributed by atoms with E-state index in [0.29, 0.717) is 37.0 Å². The number of carbonyl (C=O) groups is 1. The minimum Gasteiger partial charge on any atom is -0.493 e. The zero-order valence-corrected chi connectivity index (χ0v) is 16.4. The molecule has 1 aliphatic heterocycles. The monoisotopic (exact) mass is 373 g/mol. The highest BCUT2D eigenvalue weighted by Gasteiger charge is 2.47. The second kappa shape index (κ2) is 10.3. The molecule has 5 heteroatoms. The fourth-order valence-corrected chi connectivity index (χ4v) is 3.98. The Kier molecular flexibility index (Phi) is 8.12. The van der Waals surface area contributed by atoms with Crippen molar-refractivity contribution in [2.24, 2.45) is 11.8 Å². The number of nitrogens with zero attached hydrogens (tertiary/aromatic N) is 1. The van der Waals surface area contributed by atoms with Gasteiger partial charge in [0, 0.05) is 31.1 Å². The molecule has 2 fully saturated rings. The van der Waals surface area contributed by atoms with E-state index in [2.05, 4.69) is 32.1 Å². The Balaban J connectivity index is 2.00. The van der Waals surface area contributed by atoms with Crippen molar-refractivity contribution < 1.29 is 19.7 Å². The molecule has 0 unspecified atom stereocenters. The van der Waals surface area contributed by atoms with Gasteiger partial charge in [-0.2, -0.15) is 5.26 Å². The molecule has 1 heterocycles. The van der Waals surface area contributed by atoms with Crippen molar-refractivity contribution in [3.05, 3.63) is 35.1 Å². The van der Waals surface area contributed by atoms with E-state index in [9.17, 15) is 15.2 Å². The number of aliphatic hydroxyl groups is 1. The number of carboxylic acids is 1. The SMILES string of the molecule is CCCCC(C)=C/C=C/[C@@H]1[C@H]2C/C(=C(/C#N)CCCC(=O)O)O[C@H]2C[C@H]1O. The zero-order valence-electron chi connectivity index (χ0n) is 16.4. The predicted octanol–water partition coefficient (Wildman–Crippen LogP) is 4.50. The maximum absolute atomic E-state index is 10.7. The Morgan fingerprint density at radius 1 is 1.33 bits per heavy atom. The van der Waals surface area contributed by atoms with E-state index in [-0.39, 0.29) is 24.4 Å². The normalized spacial score (nSPS) is 29.5. The number of ether oxygens (including phenoxy) is 1. The van der Waals surface area contributed by atoms with Gasteiger partial charge in [0.1, 0.15) is 11.9 Å². The summed E-state index contributed by atoms with van der Waals surface area (Å²) in [6, 6.07) is 2.18. The highest BCUT2D eigenvalue weighted by molar-refractivity contribution is 5.66. The summed E-state index contributed by atoms with van der Waals surface area (Å²) in [6.45, 7) is 4.31. The summed E-state index contributed by atoms with van der Waals surface area (Å²) < 4.78 is 5.98. The second-order valence-electron chi connectivity index (χ2n) is 7.67. The molecule has 4 atom stereocenters. The van der Waals surface area contributed by atoms with E-state index in [4.69, 9.17) is 9.84 Å². The average Bonchev–Trinajstić information content (AvgIpc) is 3.15. The fraction of sp³-hybridized carbons (Fsp3) is 0.636. The molecule has 27 heavy (non-hydrogen) atoms. The number of fused-ring (bicyclic) bond motifs is 1. The lowest BCUT2D eigenvalue weighted by atomic mass is 9.90. The molecule has 1 aliphatic carbocycles. The molecule has 0 aromatic rings. The van der Waals surface area contributed by atoms with E-state index < -0.39 is 12.1 Å². The molecular formula is C22H31NO4. The first-order chi connectivity index (χ1) is 13.0. The van der Waals surface area contributed by atoms with E-state index in [1.165, 1.54) is 18.4 Å². The Bertz CT molecular complexity index is 656. The van der Waals surface area contributed by atoms with Crippen LogP contribution in [0.4, 0.5) is 0 Å². The topological polar surface area (TPSA) is 90.6 Å². The van der Waals surface area contributed by atoms with Crippen LogP contribution in [0.5, 0.6) is 0 Å². The fourth-order valence-electron chi connectivity index (χ4n) is 3.98. The van der Waals surface area contributed by atoms with Crippen molar-refractivity contribution in [3.63, 3.8) is 0 Å². The Morgan fingerprint density at radius 2 is 2.11 bits per heavy atom. The first kappa shape index (κ1) is 21.2. The third-order valence-electron chi connectivity index (χ3n) is 5.53. The van der Waals surface area contributed by atoms with Gasteiger partial charge in [-0.25, -0.2) is 0 Å². The molecule has 148 valence electrons. The van der Waals surface area contributed by atoms with Crippen LogP contribution < -0.4 is 0 Å². The molecule has 1 saturated heterocycles. The van der Waals surface area contributed by atoms with Crippen molar-refractivity contribution in [2.45, 2.75) is 77.4 Å². The Labute approximate surface area is 162 Å². The summed E-state index contributed by atoms with van der Waals surface area (Å²) >= 11 is 0. The van der Waals surface area contributed by atoms with Gasteiger partial charge in [0.05, 0.1) is 17.7 Å². The van der Waals surface area contributed by atoms with Gasteiger partial charge in [0.25, 0.3) is 0 Å². The van der Waals surface area contributed by atoms with Gasteiger partial charge in [-0.3, -0.25) is 4.79 Å². The van der Waals surface area contributed by atoms with Crippen LogP contribution in [-0.4, -0.2) is 28.4 Å². The number of unbranched alkanes of at least 4 members (excludes halogenated alkanes) is 1. The molecule has 2 aliphatic rings. The molecule has 2 N–H and O–H groups in total. The molecule has 2 rings (SSSR count). The van der Waals surface area contributed by atoms with Crippen molar-refractivity contribution in [3.8, 4) is 6.07 Å². The number of aliphatic hydroxyl groups excluding tert-OH is 1. The van der Waals surface area contributed by atoms with Gasteiger partial charge in [-0.15, -0.1) is 0 Å². The minimum atomic E-state index is -0.850. The molecule has 0 aromatic carbocycles. The summed E-state index contributed by atoms with van der Waals surface area (Å²) in [5.41, 5.74) is 1.89. The lowest BCUT2D eigenvalue weighted by Crippen LogP contribution is -2.17. The Hall–Kier alpha value is -2.06. The van der Waals surface area contributed by atoms with Crippen molar-refractivity contribution in [2.75, 3.05) is 0 Å². The van der Waals surface area contributed by atoms with Crippen LogP contribution in [0, 0.1) is 23.2 Å². The summed E-state index contributed by atoms with van der Waals surface area (Å²) in [4.78, 5) is 10.7. The van der Waals surface area contributed by atoms with Crippen LogP contribution in [-0.2, 0) is 9.53 Å². The summed E-state index contributed by atoms with van der Waals surface area (Å²) in [6.07, 6.45) is 11.4. The smallest absolute Gasteiger partial charge is 0.303 e. The summed E-state index contributed by atoms with van der Waals surface area (Å²) in [5, 5.41) is 28.5. The standard InChI is InChI=1S/C22H31NO4/c1-3-4-7-15(2)8-5-10-17-18-12-20(27-21(18)13-19(17)24)16(14-23)9-6-11-22(25)26/h5,8,10,17-19,21,24H,3-4,6-7,9,11-13H2,1-2H3,(H,25,26)/b10-5+,15-8?,20-16-/t17-,18-,19-,21+/m1/s1. The first-order valence-corrected chi connectivity index (χ1v) is 9.98. The highest BCUT2D eigenvalue weighted by atomic mass is 16.5. The number of hydrogen-bond donors (Lipinski definition) is 2. The van der Waals surface area contributed by atoms with Gasteiger partial charge in [-0.1, -0.05) is 37.1 Å². The lowest BCUT2D eigenvalue weighted by Gasteiger charge is -2.15. The van der Waals surface area contributed by atoms with E-state index in [1.807, 2.05) is 6.08 Å². The largest absolute Gasteiger partial charge is 0.493 e. The lowest BCUT2D eigenvalue weighted by molar-refractivity contribution is -0.137. The molecule has 0 bridgehead atoms. The van der Waals surface area contributed by atoms with Crippen LogP contribution in [0.3, 0.4) is 0 Å². The second-order valence-corrected chi connectivity index (χ2v) is 7.67. The zero-order chi connectivity index (χ0) is 19.8. The van der Waals surface area contributed by atoms with Crippen molar-refractivity contribution >= 4 is 5.97 Å². The van der Waals surface area contributed by atoms with Gasteiger partial charge in [-0.05, 0) is 32.6 Å². The quantitative estimate of drug-likeness (QED) is 0.459. The number of nitriles is 1. The van der Waals surface area contributed by atoms with Crippen LogP contribution >= 0.6 is 0 Å². The van der Waals surface area contributed by atoms with Crippen molar-refractivity contribution in [1.82, 2.24) is 0 Å². The third kappa shape index (κ3) is 5.97. The molecule has 0 radical (unpaired) electrons. The van der Waals surface area contributed by atoms with Gasteiger partial charge in [0.2, 0.25) is 0 Å². The van der Waals surface area contributed by atoms with E-state index in [1.54, 1.807) is 0 Å². The van der Waals surface area contributed by atoms with E-state index in [0.717, 1.165) is 6.42 Å². The Morgan fingerprint density at radius 3 is 2.78 bits per heavy atom. The molecule has 1 saturated carbocycles. The van der Waals surface area contributed by atoms with E-state index >= 15 is 0 Å². The molecule has 0 spiro atoms. The highest BCUT2D eigenvalue weighted by Crippen LogP contribution is 2.46. The first-order valence-electron chi connectivity index (χ1n) is 9.98. The van der Waals surface area contributed by atoms with Gasteiger partial charge in [0.15, 0.2) is 0 Å². The average molecular weight is 373 g/mol. The number of aliphatic carboxylic acids is 1. The molecule has 0 amide bonds. The van der Waals surface area contributed by atoms with Crippen molar-refractivity contribution in [1.29, 1.82) is 5.26 Å². The van der Waals surface area contributed by atoms with Crippen LogP contribution in [0.15, 0.2) is 35.1 Å². The van der Waals surface area contributed by atoms with Gasteiger partial charge >= 0.3 is 5.97 Å².